The summed E-state index contributed by atoms with van der Waals surface area (Å²) in [6.45, 7) is 2.02. The van der Waals surface area contributed by atoms with Gasteiger partial charge in [0.2, 0.25) is 0 Å². The molecule has 1 fully saturated rings. The Balaban J connectivity index is 1.61. The van der Waals surface area contributed by atoms with Crippen molar-refractivity contribution in [3.63, 3.8) is 0 Å². The van der Waals surface area contributed by atoms with E-state index in [2.05, 4.69) is 4.57 Å². The number of methoxy groups -OCH3 is 1. The molecule has 178 valence electrons. The molecule has 1 unspecified atom stereocenters. The Hall–Kier alpha value is -3.55. The van der Waals surface area contributed by atoms with Crippen molar-refractivity contribution in [1.29, 1.82) is 0 Å². The van der Waals surface area contributed by atoms with E-state index in [-0.39, 0.29) is 24.1 Å². The van der Waals surface area contributed by atoms with Crippen LogP contribution in [0.3, 0.4) is 0 Å². The van der Waals surface area contributed by atoms with E-state index in [1.165, 1.54) is 7.11 Å². The molecule has 0 bridgehead atoms. The Labute approximate surface area is 198 Å². The first kappa shape index (κ1) is 22.3. The van der Waals surface area contributed by atoms with Crippen molar-refractivity contribution < 1.29 is 24.2 Å². The van der Waals surface area contributed by atoms with Gasteiger partial charge in [-0.15, -0.1) is 0 Å². The number of carbonyl (C=O) groups is 2. The number of imidazole rings is 1. The molecular weight excluding hydrogens is 434 g/mol. The maximum atomic E-state index is 12.5. The molecule has 2 heterocycles. The van der Waals surface area contributed by atoms with Crippen LogP contribution in [0.5, 0.6) is 11.8 Å². The van der Waals surface area contributed by atoms with Crippen molar-refractivity contribution >= 4 is 28.8 Å². The average molecular weight is 464 g/mol. The summed E-state index contributed by atoms with van der Waals surface area (Å²) in [6.07, 6.45) is 3.99. The predicted octanol–water partition coefficient (Wildman–Crippen LogP) is 5.55. The van der Waals surface area contributed by atoms with Crippen molar-refractivity contribution in [3.8, 4) is 11.8 Å². The standard InChI is InChI=1S/C26H29N3O5/c1-16-8-13-20-21(28(16)26(32)33-2)14-15-22-23(20)27-25(34-19-6-4-3-5-7-19)29(22)18-11-9-17(10-12-18)24(30)31/h3-7,14-18H,8-13H2,1-2H3,(H,30,31). The van der Waals surface area contributed by atoms with Crippen molar-refractivity contribution in [2.24, 2.45) is 5.92 Å². The van der Waals surface area contributed by atoms with Gasteiger partial charge >= 0.3 is 18.1 Å². The number of hydrogen-bond donors (Lipinski definition) is 1. The molecule has 2 aliphatic rings. The summed E-state index contributed by atoms with van der Waals surface area (Å²) < 4.78 is 13.4. The monoisotopic (exact) mass is 463 g/mol. The number of para-hydroxylation sites is 1. The van der Waals surface area contributed by atoms with Gasteiger partial charge in [-0.05, 0) is 69.7 Å². The quantitative estimate of drug-likeness (QED) is 0.545. The van der Waals surface area contributed by atoms with Crippen molar-refractivity contribution in [2.75, 3.05) is 12.0 Å². The maximum Gasteiger partial charge on any atom is 0.414 e. The smallest absolute Gasteiger partial charge is 0.414 e. The summed E-state index contributed by atoms with van der Waals surface area (Å²) in [5.74, 6) is -0.329. The largest absolute Gasteiger partial charge is 0.481 e. The zero-order valence-corrected chi connectivity index (χ0v) is 19.4. The number of ether oxygens (including phenoxy) is 2. The summed E-state index contributed by atoms with van der Waals surface area (Å²) in [5.41, 5.74) is 3.60. The molecule has 0 saturated heterocycles. The van der Waals surface area contributed by atoms with Crippen LogP contribution in [0.25, 0.3) is 11.0 Å². The number of aromatic nitrogens is 2. The van der Waals surface area contributed by atoms with Crippen LogP contribution in [0.15, 0.2) is 42.5 Å². The molecule has 3 aromatic rings. The van der Waals surface area contributed by atoms with Crippen molar-refractivity contribution in [2.45, 2.75) is 57.5 Å². The molecule has 5 rings (SSSR count). The number of carbonyl (C=O) groups excluding carboxylic acids is 1. The number of benzene rings is 2. The topological polar surface area (TPSA) is 93.9 Å². The number of aryl methyl sites for hydroxylation is 1. The fraction of sp³-hybridized carbons (Fsp3) is 0.423. The summed E-state index contributed by atoms with van der Waals surface area (Å²) >= 11 is 0. The lowest BCUT2D eigenvalue weighted by Gasteiger charge is -2.34. The SMILES string of the molecule is COC(=O)N1c2ccc3c(nc(Oc4ccccc4)n3C3CCC(C(=O)O)CC3)c2CCC1C. The Morgan fingerprint density at radius 1 is 1.03 bits per heavy atom. The molecule has 8 nitrogen and oxygen atoms in total. The molecular formula is C26H29N3O5. The minimum atomic E-state index is -0.721. The molecule has 1 N–H and O–H groups in total. The van der Waals surface area contributed by atoms with Gasteiger partial charge in [0.1, 0.15) is 5.75 Å². The fourth-order valence-corrected chi connectivity index (χ4v) is 5.35. The van der Waals surface area contributed by atoms with Gasteiger partial charge in [0.15, 0.2) is 0 Å². The molecule has 2 aromatic carbocycles. The predicted molar refractivity (Wildman–Crippen MR) is 128 cm³/mol. The first-order chi connectivity index (χ1) is 16.5. The molecule has 1 aliphatic heterocycles. The number of fused-ring (bicyclic) bond motifs is 3. The number of hydrogen-bond acceptors (Lipinski definition) is 5. The van der Waals surface area contributed by atoms with Gasteiger partial charge in [-0.25, -0.2) is 4.79 Å². The number of rotatable bonds is 4. The lowest BCUT2D eigenvalue weighted by Crippen LogP contribution is -2.42. The van der Waals surface area contributed by atoms with E-state index in [0.29, 0.717) is 24.6 Å². The van der Waals surface area contributed by atoms with Crippen LogP contribution in [0, 0.1) is 5.92 Å². The van der Waals surface area contributed by atoms with E-state index in [1.54, 1.807) is 4.90 Å². The summed E-state index contributed by atoms with van der Waals surface area (Å²) in [4.78, 5) is 30.6. The Bertz CT molecular complexity index is 1210. The highest BCUT2D eigenvalue weighted by atomic mass is 16.5. The first-order valence-electron chi connectivity index (χ1n) is 11.8. The van der Waals surface area contributed by atoms with Gasteiger partial charge < -0.3 is 14.6 Å². The fourth-order valence-electron chi connectivity index (χ4n) is 5.35. The highest BCUT2D eigenvalue weighted by molar-refractivity contribution is 5.95. The molecule has 0 radical (unpaired) electrons. The summed E-state index contributed by atoms with van der Waals surface area (Å²) in [7, 11) is 1.40. The minimum Gasteiger partial charge on any atom is -0.481 e. The van der Waals surface area contributed by atoms with E-state index in [4.69, 9.17) is 14.5 Å². The second kappa shape index (κ2) is 9.00. The maximum absolute atomic E-state index is 12.5. The van der Waals surface area contributed by atoms with Gasteiger partial charge in [-0.2, -0.15) is 4.98 Å². The number of carboxylic acid groups (broad SMARTS) is 1. The van der Waals surface area contributed by atoms with Gasteiger partial charge in [-0.1, -0.05) is 18.2 Å². The zero-order chi connectivity index (χ0) is 23.8. The zero-order valence-electron chi connectivity index (χ0n) is 19.4. The normalized spacial score (nSPS) is 22.3. The van der Waals surface area contributed by atoms with Crippen molar-refractivity contribution in [1.82, 2.24) is 9.55 Å². The van der Waals surface area contributed by atoms with E-state index in [1.807, 2.05) is 49.4 Å². The third kappa shape index (κ3) is 3.87. The van der Waals surface area contributed by atoms with E-state index in [0.717, 1.165) is 48.0 Å². The van der Waals surface area contributed by atoms with Crippen LogP contribution >= 0.6 is 0 Å². The van der Waals surface area contributed by atoms with E-state index < -0.39 is 5.97 Å². The molecule has 0 spiro atoms. The van der Waals surface area contributed by atoms with E-state index in [9.17, 15) is 14.7 Å². The molecule has 34 heavy (non-hydrogen) atoms. The number of anilines is 1. The van der Waals surface area contributed by atoms with Gasteiger partial charge in [-0.3, -0.25) is 14.3 Å². The molecule has 1 saturated carbocycles. The summed E-state index contributed by atoms with van der Waals surface area (Å²) in [6, 6.07) is 14.1. The van der Waals surface area contributed by atoms with Crippen LogP contribution in [0.2, 0.25) is 0 Å². The number of nitrogens with zero attached hydrogens (tertiary/aromatic N) is 3. The van der Waals surface area contributed by atoms with Gasteiger partial charge in [0.05, 0.1) is 29.7 Å². The van der Waals surface area contributed by atoms with E-state index >= 15 is 0 Å². The van der Waals surface area contributed by atoms with Gasteiger partial charge in [0, 0.05) is 17.6 Å². The molecule has 1 amide bonds. The third-order valence-electron chi connectivity index (χ3n) is 7.16. The highest BCUT2D eigenvalue weighted by Crippen LogP contribution is 2.42. The summed E-state index contributed by atoms with van der Waals surface area (Å²) in [5, 5.41) is 9.43. The highest BCUT2D eigenvalue weighted by Gasteiger charge is 2.34. The van der Waals surface area contributed by atoms with Gasteiger partial charge in [0.25, 0.3) is 0 Å². The number of amides is 1. The number of carboxylic acids is 1. The van der Waals surface area contributed by atoms with Crippen LogP contribution in [-0.2, 0) is 16.0 Å². The third-order valence-corrected chi connectivity index (χ3v) is 7.16. The first-order valence-corrected chi connectivity index (χ1v) is 11.8. The van der Waals surface area contributed by atoms with Crippen molar-refractivity contribution in [3.05, 3.63) is 48.0 Å². The van der Waals surface area contributed by atoms with Crippen LogP contribution < -0.4 is 9.64 Å². The minimum absolute atomic E-state index is 0.0332. The second-order valence-electron chi connectivity index (χ2n) is 9.18. The van der Waals surface area contributed by atoms with Crippen LogP contribution in [0.4, 0.5) is 10.5 Å². The van der Waals surface area contributed by atoms with Crippen LogP contribution in [0.1, 0.15) is 50.6 Å². The lowest BCUT2D eigenvalue weighted by molar-refractivity contribution is -0.143. The molecule has 1 aliphatic carbocycles. The Morgan fingerprint density at radius 3 is 2.44 bits per heavy atom. The average Bonchev–Trinajstić information content (AvgIpc) is 3.22. The second-order valence-corrected chi connectivity index (χ2v) is 9.18. The molecule has 8 heteroatoms. The van der Waals surface area contributed by atoms with Crippen LogP contribution in [-0.4, -0.2) is 39.9 Å². The Morgan fingerprint density at radius 2 is 1.76 bits per heavy atom. The molecule has 1 aromatic heterocycles. The molecule has 1 atom stereocenters. The number of aliphatic carboxylic acids is 1. The lowest BCUT2D eigenvalue weighted by atomic mass is 9.86. The Kier molecular flexibility index (Phi) is 5.89.